The van der Waals surface area contributed by atoms with Crippen LogP contribution < -0.4 is 10.1 Å². The van der Waals surface area contributed by atoms with Crippen LogP contribution >= 0.6 is 11.6 Å². The van der Waals surface area contributed by atoms with Gasteiger partial charge in [-0.15, -0.1) is 0 Å². The number of methoxy groups -OCH3 is 1. The number of aliphatic hydroxyl groups excluding tert-OH is 1. The van der Waals surface area contributed by atoms with E-state index in [0.29, 0.717) is 22.0 Å². The summed E-state index contributed by atoms with van der Waals surface area (Å²) in [5, 5.41) is 12.4. The Morgan fingerprint density at radius 2 is 2.05 bits per heavy atom. The van der Waals surface area contributed by atoms with E-state index >= 15 is 0 Å². The zero-order valence-electron chi connectivity index (χ0n) is 11.8. The van der Waals surface area contributed by atoms with E-state index in [1.54, 1.807) is 24.3 Å². The highest BCUT2D eigenvalue weighted by Gasteiger charge is 2.11. The third kappa shape index (κ3) is 3.54. The van der Waals surface area contributed by atoms with Crippen molar-refractivity contribution in [2.45, 2.75) is 13.5 Å². The minimum Gasteiger partial charge on any atom is -0.495 e. The second-order valence-corrected chi connectivity index (χ2v) is 5.02. The fourth-order valence-corrected chi connectivity index (χ4v) is 2.09. The number of rotatable bonds is 4. The first-order valence-corrected chi connectivity index (χ1v) is 6.78. The molecule has 0 aromatic heterocycles. The van der Waals surface area contributed by atoms with E-state index in [-0.39, 0.29) is 12.5 Å². The summed E-state index contributed by atoms with van der Waals surface area (Å²) in [6.07, 6.45) is 0. The first-order chi connectivity index (χ1) is 10.0. The van der Waals surface area contributed by atoms with Gasteiger partial charge >= 0.3 is 0 Å². The van der Waals surface area contributed by atoms with Crippen LogP contribution in [0.1, 0.15) is 21.5 Å². The van der Waals surface area contributed by atoms with E-state index < -0.39 is 0 Å². The predicted octanol–water partition coefficient (Wildman–Crippen LogP) is 3.40. The van der Waals surface area contributed by atoms with E-state index in [4.69, 9.17) is 21.4 Å². The minimum atomic E-state index is -0.261. The van der Waals surface area contributed by atoms with Crippen LogP contribution in [0.2, 0.25) is 5.02 Å². The van der Waals surface area contributed by atoms with E-state index in [0.717, 1.165) is 11.1 Å². The zero-order chi connectivity index (χ0) is 15.4. The lowest BCUT2D eigenvalue weighted by Crippen LogP contribution is -2.13. The molecule has 0 aliphatic heterocycles. The Morgan fingerprint density at radius 3 is 2.71 bits per heavy atom. The summed E-state index contributed by atoms with van der Waals surface area (Å²) in [6, 6.07) is 10.3. The number of hydrogen-bond donors (Lipinski definition) is 2. The van der Waals surface area contributed by atoms with Gasteiger partial charge in [-0.25, -0.2) is 0 Å². The van der Waals surface area contributed by atoms with Crippen LogP contribution in [0.15, 0.2) is 36.4 Å². The average Bonchev–Trinajstić information content (AvgIpc) is 2.49. The second kappa shape index (κ2) is 6.61. The molecule has 21 heavy (non-hydrogen) atoms. The van der Waals surface area contributed by atoms with Crippen molar-refractivity contribution in [3.05, 3.63) is 58.1 Å². The lowest BCUT2D eigenvalue weighted by molar-refractivity contribution is 0.102. The van der Waals surface area contributed by atoms with Gasteiger partial charge in [-0.05, 0) is 42.3 Å². The Hall–Kier alpha value is -2.04. The molecule has 4 nitrogen and oxygen atoms in total. The fourth-order valence-electron chi connectivity index (χ4n) is 1.90. The van der Waals surface area contributed by atoms with E-state index in [2.05, 4.69) is 5.32 Å². The maximum absolute atomic E-state index is 12.3. The molecule has 5 heteroatoms. The SMILES string of the molecule is COc1cc(C(=O)Nc2cc(CO)ccc2C)ccc1Cl. The summed E-state index contributed by atoms with van der Waals surface area (Å²) >= 11 is 5.94. The molecule has 0 spiro atoms. The third-order valence-electron chi connectivity index (χ3n) is 3.15. The van der Waals surface area contributed by atoms with Gasteiger partial charge in [-0.3, -0.25) is 4.79 Å². The highest BCUT2D eigenvalue weighted by atomic mass is 35.5. The quantitative estimate of drug-likeness (QED) is 0.910. The number of aliphatic hydroxyl groups is 1. The van der Waals surface area contributed by atoms with Gasteiger partial charge in [0.2, 0.25) is 0 Å². The molecule has 2 aromatic rings. The standard InChI is InChI=1S/C16H16ClNO3/c1-10-3-4-11(9-19)7-14(10)18-16(20)12-5-6-13(17)15(8-12)21-2/h3-8,19H,9H2,1-2H3,(H,18,20). The Morgan fingerprint density at radius 1 is 1.29 bits per heavy atom. The molecule has 0 radical (unpaired) electrons. The topological polar surface area (TPSA) is 58.6 Å². The zero-order valence-corrected chi connectivity index (χ0v) is 12.6. The molecule has 0 aliphatic carbocycles. The molecule has 2 rings (SSSR count). The molecule has 0 heterocycles. The van der Waals surface area contributed by atoms with E-state index in [9.17, 15) is 4.79 Å². The Balaban J connectivity index is 2.25. The number of benzene rings is 2. The van der Waals surface area contributed by atoms with Gasteiger partial charge in [-0.2, -0.15) is 0 Å². The summed E-state index contributed by atoms with van der Waals surface area (Å²) in [6.45, 7) is 1.82. The van der Waals surface area contributed by atoms with Crippen molar-refractivity contribution < 1.29 is 14.6 Å². The van der Waals surface area contributed by atoms with Crippen LogP contribution in [0.4, 0.5) is 5.69 Å². The minimum absolute atomic E-state index is 0.0715. The van der Waals surface area contributed by atoms with Crippen LogP contribution in [-0.4, -0.2) is 18.1 Å². The summed E-state index contributed by atoms with van der Waals surface area (Å²) in [4.78, 5) is 12.3. The van der Waals surface area contributed by atoms with Gasteiger partial charge in [0.1, 0.15) is 5.75 Å². The van der Waals surface area contributed by atoms with Gasteiger partial charge in [0, 0.05) is 11.3 Å². The van der Waals surface area contributed by atoms with Crippen molar-refractivity contribution >= 4 is 23.2 Å². The highest BCUT2D eigenvalue weighted by Crippen LogP contribution is 2.26. The van der Waals surface area contributed by atoms with Crippen LogP contribution in [0, 0.1) is 6.92 Å². The van der Waals surface area contributed by atoms with Crippen molar-refractivity contribution in [1.82, 2.24) is 0 Å². The maximum Gasteiger partial charge on any atom is 0.255 e. The van der Waals surface area contributed by atoms with E-state index in [1.165, 1.54) is 7.11 Å². The number of halogens is 1. The summed E-state index contributed by atoms with van der Waals surface area (Å²) in [7, 11) is 1.50. The number of anilines is 1. The first kappa shape index (κ1) is 15.4. The molecule has 0 bridgehead atoms. The molecule has 110 valence electrons. The van der Waals surface area contributed by atoms with Crippen molar-refractivity contribution in [3.8, 4) is 5.75 Å². The first-order valence-electron chi connectivity index (χ1n) is 6.40. The van der Waals surface area contributed by atoms with Gasteiger partial charge in [0.05, 0.1) is 18.7 Å². The molecule has 1 amide bonds. The van der Waals surface area contributed by atoms with Crippen LogP contribution in [-0.2, 0) is 6.61 Å². The number of carbonyl (C=O) groups excluding carboxylic acids is 1. The van der Waals surface area contributed by atoms with Crippen LogP contribution in [0.3, 0.4) is 0 Å². The second-order valence-electron chi connectivity index (χ2n) is 4.61. The molecule has 0 saturated carbocycles. The molecule has 0 aliphatic rings. The maximum atomic E-state index is 12.3. The Bertz CT molecular complexity index is 671. The molecule has 0 unspecified atom stereocenters. The normalized spacial score (nSPS) is 10.3. The number of amides is 1. The molecular weight excluding hydrogens is 290 g/mol. The lowest BCUT2D eigenvalue weighted by atomic mass is 10.1. The largest absolute Gasteiger partial charge is 0.495 e. The van der Waals surface area contributed by atoms with E-state index in [1.807, 2.05) is 19.1 Å². The van der Waals surface area contributed by atoms with Gasteiger partial charge < -0.3 is 15.2 Å². The summed E-state index contributed by atoms with van der Waals surface area (Å²) in [5.41, 5.74) is 2.77. The van der Waals surface area contributed by atoms with Gasteiger partial charge in [-0.1, -0.05) is 23.7 Å². The number of aryl methyl sites for hydroxylation is 1. The summed E-state index contributed by atoms with van der Waals surface area (Å²) in [5.74, 6) is 0.188. The molecule has 0 fully saturated rings. The van der Waals surface area contributed by atoms with Crippen molar-refractivity contribution in [1.29, 1.82) is 0 Å². The number of ether oxygens (including phenoxy) is 1. The highest BCUT2D eigenvalue weighted by molar-refractivity contribution is 6.32. The number of carbonyl (C=O) groups is 1. The van der Waals surface area contributed by atoms with Crippen LogP contribution in [0.5, 0.6) is 5.75 Å². The lowest BCUT2D eigenvalue weighted by Gasteiger charge is -2.11. The molecule has 0 atom stereocenters. The smallest absolute Gasteiger partial charge is 0.255 e. The number of nitrogens with one attached hydrogen (secondary N) is 1. The van der Waals surface area contributed by atoms with Crippen molar-refractivity contribution in [2.75, 3.05) is 12.4 Å². The fraction of sp³-hybridized carbons (Fsp3) is 0.188. The number of hydrogen-bond acceptors (Lipinski definition) is 3. The summed E-state index contributed by atoms with van der Waals surface area (Å²) < 4.78 is 5.10. The van der Waals surface area contributed by atoms with Gasteiger partial charge in [0.15, 0.2) is 0 Å². The van der Waals surface area contributed by atoms with Crippen LogP contribution in [0.25, 0.3) is 0 Å². The molecule has 2 N–H and O–H groups in total. The van der Waals surface area contributed by atoms with Crippen molar-refractivity contribution in [2.24, 2.45) is 0 Å². The Kier molecular flexibility index (Phi) is 4.83. The monoisotopic (exact) mass is 305 g/mol. The average molecular weight is 306 g/mol. The van der Waals surface area contributed by atoms with Crippen molar-refractivity contribution in [3.63, 3.8) is 0 Å². The predicted molar refractivity (Wildman–Crippen MR) is 83.1 cm³/mol. The molecule has 2 aromatic carbocycles. The molecular formula is C16H16ClNO3. The Labute approximate surface area is 128 Å². The van der Waals surface area contributed by atoms with Gasteiger partial charge in [0.25, 0.3) is 5.91 Å². The third-order valence-corrected chi connectivity index (χ3v) is 3.46. The molecule has 0 saturated heterocycles.